The van der Waals surface area contributed by atoms with Crippen LogP contribution in [0.15, 0.2) is 59.6 Å². The van der Waals surface area contributed by atoms with E-state index in [1.54, 1.807) is 6.07 Å². The fraction of sp³-hybridized carbons (Fsp3) is 0.231. The van der Waals surface area contributed by atoms with Crippen LogP contribution in [0.2, 0.25) is 0 Å². The molecule has 0 saturated carbocycles. The van der Waals surface area contributed by atoms with Crippen LogP contribution in [0.1, 0.15) is 23.8 Å². The first kappa shape index (κ1) is 26.3. The number of anilines is 1. The average molecular weight is 563 g/mol. The fourth-order valence-corrected chi connectivity index (χ4v) is 6.76. The molecule has 0 atom stereocenters. The lowest BCUT2D eigenvalue weighted by Gasteiger charge is -2.27. The zero-order chi connectivity index (χ0) is 27.0. The Morgan fingerprint density at radius 2 is 1.79 bits per heavy atom. The zero-order valence-corrected chi connectivity index (χ0v) is 21.7. The van der Waals surface area contributed by atoms with Crippen molar-refractivity contribution in [1.29, 1.82) is 0 Å². The summed E-state index contributed by atoms with van der Waals surface area (Å²) in [6.45, 7) is 1.75. The Labute approximate surface area is 221 Å². The standard InChI is InChI=1S/C26H22F4N4O2S2/c1-34-11-8-15(9-12-34)26-32-24(25(37-26)16-7-10-31-22(29)13-16)18-3-2-4-20(23(18)30)33-38(35,36)21-14-17(27)5-6-19(21)28/h2-7,10,13-15,33H,8-9,11-12H2,1H3. The first-order valence-corrected chi connectivity index (χ1v) is 14.0. The van der Waals surface area contributed by atoms with Gasteiger partial charge in [0.2, 0.25) is 5.95 Å². The molecule has 0 aliphatic carbocycles. The van der Waals surface area contributed by atoms with E-state index in [9.17, 15) is 21.6 Å². The van der Waals surface area contributed by atoms with E-state index in [0.717, 1.165) is 37.0 Å². The number of pyridine rings is 1. The van der Waals surface area contributed by atoms with Crippen molar-refractivity contribution in [1.82, 2.24) is 14.9 Å². The lowest BCUT2D eigenvalue weighted by atomic mass is 9.98. The maximum atomic E-state index is 15.8. The molecular formula is C26H22F4N4O2S2. The van der Waals surface area contributed by atoms with Gasteiger partial charge in [0.25, 0.3) is 10.0 Å². The minimum atomic E-state index is -4.66. The van der Waals surface area contributed by atoms with Crippen LogP contribution in [0.25, 0.3) is 21.7 Å². The molecule has 1 N–H and O–H groups in total. The number of aromatic nitrogens is 2. The molecule has 38 heavy (non-hydrogen) atoms. The molecule has 0 unspecified atom stereocenters. The highest BCUT2D eigenvalue weighted by molar-refractivity contribution is 7.92. The van der Waals surface area contributed by atoms with E-state index < -0.39 is 44.0 Å². The van der Waals surface area contributed by atoms with Crippen molar-refractivity contribution in [2.24, 2.45) is 0 Å². The number of benzene rings is 2. The summed E-state index contributed by atoms with van der Waals surface area (Å²) in [7, 11) is -2.62. The molecule has 1 aliphatic heterocycles. The number of hydrogen-bond donors (Lipinski definition) is 1. The molecule has 1 saturated heterocycles. The van der Waals surface area contributed by atoms with Gasteiger partial charge in [-0.3, -0.25) is 4.72 Å². The number of halogens is 4. The number of piperidine rings is 1. The van der Waals surface area contributed by atoms with Gasteiger partial charge in [0.15, 0.2) is 5.82 Å². The van der Waals surface area contributed by atoms with E-state index in [1.807, 2.05) is 11.8 Å². The summed E-state index contributed by atoms with van der Waals surface area (Å²) < 4.78 is 85.2. The van der Waals surface area contributed by atoms with Crippen molar-refractivity contribution in [3.05, 3.63) is 83.1 Å². The highest BCUT2D eigenvalue weighted by atomic mass is 32.2. The molecule has 0 amide bonds. The largest absolute Gasteiger partial charge is 0.306 e. The number of hydrogen-bond acceptors (Lipinski definition) is 6. The average Bonchev–Trinajstić information content (AvgIpc) is 3.32. The summed E-state index contributed by atoms with van der Waals surface area (Å²) in [6.07, 6.45) is 3.02. The second-order valence-electron chi connectivity index (χ2n) is 9.02. The normalized spacial score (nSPS) is 15.1. The molecular weight excluding hydrogens is 540 g/mol. The lowest BCUT2D eigenvalue weighted by molar-refractivity contribution is 0.255. The molecule has 0 bridgehead atoms. The SMILES string of the molecule is CN1CCC(c2nc(-c3cccc(NS(=O)(=O)c4cc(F)ccc4F)c3F)c(-c3ccnc(F)c3)s2)CC1. The number of nitrogens with zero attached hydrogens (tertiary/aromatic N) is 3. The number of thiazole rings is 1. The van der Waals surface area contributed by atoms with Gasteiger partial charge in [0.05, 0.1) is 21.3 Å². The van der Waals surface area contributed by atoms with Crippen molar-refractivity contribution < 1.29 is 26.0 Å². The van der Waals surface area contributed by atoms with E-state index >= 15 is 4.39 Å². The van der Waals surface area contributed by atoms with E-state index in [4.69, 9.17) is 4.98 Å². The number of likely N-dealkylation sites (tertiary alicyclic amines) is 1. The summed E-state index contributed by atoms with van der Waals surface area (Å²) >= 11 is 1.33. The van der Waals surface area contributed by atoms with E-state index in [-0.39, 0.29) is 17.2 Å². The van der Waals surface area contributed by atoms with Gasteiger partial charge in [0.1, 0.15) is 16.5 Å². The zero-order valence-electron chi connectivity index (χ0n) is 20.1. The van der Waals surface area contributed by atoms with Crippen molar-refractivity contribution in [2.45, 2.75) is 23.7 Å². The highest BCUT2D eigenvalue weighted by Crippen LogP contribution is 2.43. The Bertz CT molecular complexity index is 1600. The van der Waals surface area contributed by atoms with Crippen LogP contribution in [0.5, 0.6) is 0 Å². The number of rotatable bonds is 6. The summed E-state index contributed by atoms with van der Waals surface area (Å²) in [5.74, 6) is -3.67. The van der Waals surface area contributed by atoms with E-state index in [2.05, 4.69) is 9.88 Å². The van der Waals surface area contributed by atoms with Gasteiger partial charge in [0, 0.05) is 23.7 Å². The Kier molecular flexibility index (Phi) is 7.21. The maximum absolute atomic E-state index is 15.8. The van der Waals surface area contributed by atoms with Gasteiger partial charge >= 0.3 is 0 Å². The second-order valence-corrected chi connectivity index (χ2v) is 11.7. The molecule has 4 aromatic rings. The first-order chi connectivity index (χ1) is 18.1. The summed E-state index contributed by atoms with van der Waals surface area (Å²) in [5, 5.41) is 0.771. The van der Waals surface area contributed by atoms with Gasteiger partial charge in [-0.2, -0.15) is 4.39 Å². The van der Waals surface area contributed by atoms with E-state index in [1.165, 1.54) is 41.8 Å². The topological polar surface area (TPSA) is 75.2 Å². The Morgan fingerprint density at radius 1 is 1.03 bits per heavy atom. The minimum Gasteiger partial charge on any atom is -0.306 e. The quantitative estimate of drug-likeness (QED) is 0.229. The molecule has 12 heteroatoms. The number of nitrogens with one attached hydrogen (secondary N) is 1. The Morgan fingerprint density at radius 3 is 2.53 bits per heavy atom. The molecule has 1 aliphatic rings. The predicted octanol–water partition coefficient (Wildman–Crippen LogP) is 6.04. The molecule has 2 aromatic heterocycles. The third-order valence-electron chi connectivity index (χ3n) is 6.38. The van der Waals surface area contributed by atoms with Gasteiger partial charge in [-0.15, -0.1) is 11.3 Å². The van der Waals surface area contributed by atoms with Crippen LogP contribution in [-0.2, 0) is 10.0 Å². The molecule has 0 radical (unpaired) electrons. The molecule has 0 spiro atoms. The second kappa shape index (κ2) is 10.4. The third kappa shape index (κ3) is 5.29. The Hall–Kier alpha value is -3.35. The van der Waals surface area contributed by atoms with Crippen LogP contribution >= 0.6 is 11.3 Å². The maximum Gasteiger partial charge on any atom is 0.265 e. The number of sulfonamides is 1. The van der Waals surface area contributed by atoms with Gasteiger partial charge < -0.3 is 4.90 Å². The fourth-order valence-electron chi connectivity index (χ4n) is 4.37. The summed E-state index contributed by atoms with van der Waals surface area (Å²) in [5.41, 5.74) is 0.195. The first-order valence-electron chi connectivity index (χ1n) is 11.7. The molecule has 6 nitrogen and oxygen atoms in total. The minimum absolute atomic E-state index is 0.0208. The monoisotopic (exact) mass is 562 g/mol. The third-order valence-corrected chi connectivity index (χ3v) is 9.03. The van der Waals surface area contributed by atoms with Crippen LogP contribution in [0.3, 0.4) is 0 Å². The smallest absolute Gasteiger partial charge is 0.265 e. The van der Waals surface area contributed by atoms with Crippen LogP contribution in [-0.4, -0.2) is 43.4 Å². The molecule has 2 aromatic carbocycles. The van der Waals surface area contributed by atoms with Crippen molar-refractivity contribution in [2.75, 3.05) is 24.9 Å². The molecule has 5 rings (SSSR count). The van der Waals surface area contributed by atoms with E-state index in [0.29, 0.717) is 22.6 Å². The van der Waals surface area contributed by atoms with Crippen LogP contribution in [0, 0.1) is 23.4 Å². The van der Waals surface area contributed by atoms with Crippen molar-refractivity contribution >= 4 is 27.0 Å². The lowest BCUT2D eigenvalue weighted by Crippen LogP contribution is -2.29. The summed E-state index contributed by atoms with van der Waals surface area (Å²) in [4.78, 5) is 10.1. The predicted molar refractivity (Wildman–Crippen MR) is 137 cm³/mol. The molecule has 1 fully saturated rings. The Balaban J connectivity index is 1.58. The van der Waals surface area contributed by atoms with Crippen LogP contribution in [0.4, 0.5) is 23.2 Å². The molecule has 3 heterocycles. The van der Waals surface area contributed by atoms with Gasteiger partial charge in [-0.25, -0.2) is 31.6 Å². The summed E-state index contributed by atoms with van der Waals surface area (Å²) in [6, 6.07) is 8.82. The van der Waals surface area contributed by atoms with Gasteiger partial charge in [-0.05, 0) is 74.9 Å². The van der Waals surface area contributed by atoms with Gasteiger partial charge in [-0.1, -0.05) is 6.07 Å². The van der Waals surface area contributed by atoms with Crippen molar-refractivity contribution in [3.8, 4) is 21.7 Å². The van der Waals surface area contributed by atoms with Crippen LogP contribution < -0.4 is 4.72 Å². The highest BCUT2D eigenvalue weighted by Gasteiger charge is 2.27. The molecule has 198 valence electrons. The van der Waals surface area contributed by atoms with Crippen molar-refractivity contribution in [3.63, 3.8) is 0 Å².